The predicted octanol–water partition coefficient (Wildman–Crippen LogP) is 5.60. The summed E-state index contributed by atoms with van der Waals surface area (Å²) in [6.07, 6.45) is 10.2. The first kappa shape index (κ1) is 14.5. The molecule has 112 valence electrons. The molecule has 1 N–H and O–H groups in total. The lowest BCUT2D eigenvalue weighted by Crippen LogP contribution is -2.16. The quantitative estimate of drug-likeness (QED) is 0.796. The molecule has 2 nitrogen and oxygen atoms in total. The monoisotopic (exact) mass is 291 g/mol. The minimum Gasteiger partial charge on any atom is -0.455 e. The molecule has 1 aromatic carbocycles. The highest BCUT2D eigenvalue weighted by atomic mass is 16.3. The van der Waals surface area contributed by atoms with E-state index in [-0.39, 0.29) is 6.04 Å². The minimum atomic E-state index is 0.135. The first-order valence-electron chi connectivity index (χ1n) is 7.58. The summed E-state index contributed by atoms with van der Waals surface area (Å²) in [5.74, 6) is 0.909. The Balaban J connectivity index is 2.23. The Bertz CT molecular complexity index is 818. The van der Waals surface area contributed by atoms with Crippen molar-refractivity contribution in [3.63, 3.8) is 0 Å². The van der Waals surface area contributed by atoms with E-state index in [1.807, 2.05) is 19.2 Å². The molecule has 1 aromatic heterocycles. The van der Waals surface area contributed by atoms with Crippen molar-refractivity contribution in [1.82, 2.24) is 5.32 Å². The Morgan fingerprint density at radius 3 is 2.86 bits per heavy atom. The van der Waals surface area contributed by atoms with Crippen LogP contribution in [0.1, 0.15) is 43.7 Å². The fraction of sp³-hybridized carbons (Fsp3) is 0.200. The number of nitrogens with one attached hydrogen (secondary N) is 1. The van der Waals surface area contributed by atoms with Crippen LogP contribution in [0, 0.1) is 0 Å². The summed E-state index contributed by atoms with van der Waals surface area (Å²) in [5.41, 5.74) is 5.53. The molecule has 0 bridgehead atoms. The van der Waals surface area contributed by atoms with Gasteiger partial charge in [0.2, 0.25) is 0 Å². The Hall–Kier alpha value is -2.48. The van der Waals surface area contributed by atoms with Crippen LogP contribution in [-0.4, -0.2) is 0 Å². The fourth-order valence-electron chi connectivity index (χ4n) is 2.86. The molecule has 3 rings (SSSR count). The molecule has 1 aliphatic rings. The van der Waals surface area contributed by atoms with E-state index < -0.39 is 0 Å². The molecule has 1 unspecified atom stereocenters. The van der Waals surface area contributed by atoms with E-state index in [1.165, 1.54) is 5.57 Å². The Kier molecular flexibility index (Phi) is 3.76. The molecule has 1 aliphatic heterocycles. The number of dihydropyridines is 1. The lowest BCUT2D eigenvalue weighted by atomic mass is 9.98. The number of para-hydroxylation sites is 1. The van der Waals surface area contributed by atoms with Crippen molar-refractivity contribution < 1.29 is 4.42 Å². The maximum absolute atomic E-state index is 6.23. The third-order valence-electron chi connectivity index (χ3n) is 4.17. The summed E-state index contributed by atoms with van der Waals surface area (Å²) >= 11 is 0. The number of rotatable bonds is 3. The summed E-state index contributed by atoms with van der Waals surface area (Å²) < 4.78 is 6.23. The van der Waals surface area contributed by atoms with Crippen LogP contribution in [0.2, 0.25) is 0 Å². The van der Waals surface area contributed by atoms with E-state index in [9.17, 15) is 0 Å². The van der Waals surface area contributed by atoms with Gasteiger partial charge in [-0.3, -0.25) is 0 Å². The summed E-state index contributed by atoms with van der Waals surface area (Å²) in [4.78, 5) is 0. The Morgan fingerprint density at radius 1 is 1.36 bits per heavy atom. The highest BCUT2D eigenvalue weighted by Crippen LogP contribution is 2.36. The van der Waals surface area contributed by atoms with Gasteiger partial charge in [-0.05, 0) is 38.6 Å². The van der Waals surface area contributed by atoms with Gasteiger partial charge in [-0.15, -0.1) is 0 Å². The predicted molar refractivity (Wildman–Crippen MR) is 94.4 cm³/mol. The minimum absolute atomic E-state index is 0.135. The third-order valence-corrected chi connectivity index (χ3v) is 4.17. The smallest absolute Gasteiger partial charge is 0.141 e. The summed E-state index contributed by atoms with van der Waals surface area (Å²) in [6.45, 7) is 10.2. The molecular formula is C20H21NO. The highest BCUT2D eigenvalue weighted by molar-refractivity contribution is 5.94. The highest BCUT2D eigenvalue weighted by Gasteiger charge is 2.19. The van der Waals surface area contributed by atoms with E-state index in [0.717, 1.165) is 33.4 Å². The normalized spacial score (nSPS) is 18.2. The van der Waals surface area contributed by atoms with E-state index in [1.54, 1.807) is 0 Å². The number of benzene rings is 1. The second-order valence-corrected chi connectivity index (χ2v) is 5.63. The summed E-state index contributed by atoms with van der Waals surface area (Å²) in [6, 6.07) is 6.43. The van der Waals surface area contributed by atoms with Gasteiger partial charge in [-0.25, -0.2) is 0 Å². The average Bonchev–Trinajstić information content (AvgIpc) is 2.92. The molecular weight excluding hydrogens is 270 g/mol. The van der Waals surface area contributed by atoms with Crippen LogP contribution >= 0.6 is 0 Å². The van der Waals surface area contributed by atoms with Crippen LogP contribution in [0.15, 0.2) is 59.2 Å². The van der Waals surface area contributed by atoms with Crippen LogP contribution in [-0.2, 0) is 0 Å². The number of furan rings is 1. The van der Waals surface area contributed by atoms with Crippen molar-refractivity contribution >= 4 is 22.6 Å². The van der Waals surface area contributed by atoms with Crippen LogP contribution in [0.25, 0.3) is 22.6 Å². The lowest BCUT2D eigenvalue weighted by molar-refractivity contribution is 0.587. The molecule has 0 amide bonds. The van der Waals surface area contributed by atoms with Gasteiger partial charge >= 0.3 is 0 Å². The van der Waals surface area contributed by atoms with Crippen molar-refractivity contribution in [1.29, 1.82) is 0 Å². The fourth-order valence-corrected chi connectivity index (χ4v) is 2.86. The van der Waals surface area contributed by atoms with Gasteiger partial charge < -0.3 is 9.73 Å². The van der Waals surface area contributed by atoms with Crippen LogP contribution in [0.3, 0.4) is 0 Å². The summed E-state index contributed by atoms with van der Waals surface area (Å²) in [7, 11) is 0. The van der Waals surface area contributed by atoms with Crippen molar-refractivity contribution in [2.75, 3.05) is 0 Å². The Morgan fingerprint density at radius 2 is 2.18 bits per heavy atom. The van der Waals surface area contributed by atoms with E-state index in [4.69, 9.17) is 4.42 Å². The topological polar surface area (TPSA) is 25.2 Å². The van der Waals surface area contributed by atoms with Gasteiger partial charge in [-0.2, -0.15) is 0 Å². The first-order chi connectivity index (χ1) is 10.7. The zero-order valence-corrected chi connectivity index (χ0v) is 13.3. The second-order valence-electron chi connectivity index (χ2n) is 5.63. The maximum Gasteiger partial charge on any atom is 0.141 e. The van der Waals surface area contributed by atoms with Crippen molar-refractivity contribution in [3.8, 4) is 0 Å². The molecule has 2 aromatic rings. The zero-order valence-electron chi connectivity index (χ0n) is 13.3. The third kappa shape index (κ3) is 2.31. The van der Waals surface area contributed by atoms with Crippen molar-refractivity contribution in [2.24, 2.45) is 0 Å². The molecule has 0 aliphatic carbocycles. The molecule has 0 radical (unpaired) electrons. The van der Waals surface area contributed by atoms with Gasteiger partial charge in [0.15, 0.2) is 0 Å². The molecule has 2 heterocycles. The van der Waals surface area contributed by atoms with E-state index >= 15 is 0 Å². The van der Waals surface area contributed by atoms with Gasteiger partial charge in [0.1, 0.15) is 11.3 Å². The number of fused-ring (bicyclic) bond motifs is 1. The van der Waals surface area contributed by atoms with Crippen LogP contribution < -0.4 is 5.32 Å². The van der Waals surface area contributed by atoms with Crippen LogP contribution in [0.5, 0.6) is 0 Å². The second kappa shape index (κ2) is 5.72. The lowest BCUT2D eigenvalue weighted by Gasteiger charge is -2.18. The molecule has 22 heavy (non-hydrogen) atoms. The van der Waals surface area contributed by atoms with Crippen LogP contribution in [0.4, 0.5) is 0 Å². The summed E-state index contributed by atoms with van der Waals surface area (Å²) in [5, 5.41) is 4.51. The first-order valence-corrected chi connectivity index (χ1v) is 7.58. The van der Waals surface area contributed by atoms with Crippen molar-refractivity contribution in [3.05, 3.63) is 71.7 Å². The molecule has 0 fully saturated rings. The number of allylic oxidation sites excluding steroid dienone is 4. The van der Waals surface area contributed by atoms with Gasteiger partial charge in [0, 0.05) is 16.5 Å². The molecule has 0 spiro atoms. The van der Waals surface area contributed by atoms with E-state index in [0.29, 0.717) is 0 Å². The number of hydrogen-bond acceptors (Lipinski definition) is 2. The largest absolute Gasteiger partial charge is 0.455 e. The zero-order chi connectivity index (χ0) is 15.7. The standard InChI is InChI=1S/C20H21NO/c1-5-14(4)19-15(6-2)16-8-7-9-17(20(16)22-19)18-12-13(3)10-11-21-18/h5-12,18,21H,2H2,1,3-4H3/b14-5-. The molecule has 0 saturated heterocycles. The molecule has 0 saturated carbocycles. The van der Waals surface area contributed by atoms with Gasteiger partial charge in [-0.1, -0.05) is 48.6 Å². The maximum atomic E-state index is 6.23. The SMILES string of the molecule is C=Cc1c(/C(C)=C\C)oc2c(C3C=C(C)C=CN3)cccc12. The van der Waals surface area contributed by atoms with Gasteiger partial charge in [0.05, 0.1) is 6.04 Å². The Labute approximate surface area is 131 Å². The molecule has 1 atom stereocenters. The van der Waals surface area contributed by atoms with E-state index in [2.05, 4.69) is 62.2 Å². The van der Waals surface area contributed by atoms with Gasteiger partial charge in [0.25, 0.3) is 0 Å². The number of hydrogen-bond donors (Lipinski definition) is 1. The average molecular weight is 291 g/mol. The molecule has 2 heteroatoms. The van der Waals surface area contributed by atoms with Crippen molar-refractivity contribution in [2.45, 2.75) is 26.8 Å².